The Balaban J connectivity index is 1.92. The fourth-order valence-electron chi connectivity index (χ4n) is 2.48. The van der Waals surface area contributed by atoms with Gasteiger partial charge in [-0.25, -0.2) is 0 Å². The maximum atomic E-state index is 5.23. The molecule has 0 unspecified atom stereocenters. The molecule has 0 spiro atoms. The topological polar surface area (TPSA) is 34.1 Å². The summed E-state index contributed by atoms with van der Waals surface area (Å²) < 4.78 is 5.23. The van der Waals surface area contributed by atoms with Crippen molar-refractivity contribution in [2.75, 3.05) is 7.11 Å². The molecule has 0 atom stereocenters. The van der Waals surface area contributed by atoms with E-state index in [9.17, 15) is 0 Å². The molecule has 0 aliphatic heterocycles. The third-order valence-electron chi connectivity index (χ3n) is 3.51. The summed E-state index contributed by atoms with van der Waals surface area (Å²) in [7, 11) is 1.69. The van der Waals surface area contributed by atoms with Crippen molar-refractivity contribution in [1.29, 1.82) is 0 Å². The highest BCUT2D eigenvalue weighted by atomic mass is 16.5. The fraction of sp³-hybridized carbons (Fsp3) is 0.389. The average Bonchev–Trinajstić information content (AvgIpc) is 2.47. The molecule has 3 heteroatoms. The third-order valence-corrected chi connectivity index (χ3v) is 3.51. The molecule has 112 valence electrons. The van der Waals surface area contributed by atoms with Gasteiger partial charge in [0.2, 0.25) is 0 Å². The highest BCUT2D eigenvalue weighted by Gasteiger charge is 2.05. The molecule has 0 saturated carbocycles. The van der Waals surface area contributed by atoms with Crippen LogP contribution in [0.4, 0.5) is 0 Å². The highest BCUT2D eigenvalue weighted by molar-refractivity contribution is 5.29. The van der Waals surface area contributed by atoms with Gasteiger partial charge in [-0.15, -0.1) is 0 Å². The smallest absolute Gasteiger partial charge is 0.119 e. The van der Waals surface area contributed by atoms with Crippen molar-refractivity contribution >= 4 is 0 Å². The second kappa shape index (κ2) is 7.23. The molecule has 2 aromatic rings. The van der Waals surface area contributed by atoms with E-state index in [1.54, 1.807) is 7.11 Å². The molecule has 1 heterocycles. The van der Waals surface area contributed by atoms with Gasteiger partial charge >= 0.3 is 0 Å². The van der Waals surface area contributed by atoms with Crippen LogP contribution < -0.4 is 10.1 Å². The van der Waals surface area contributed by atoms with Gasteiger partial charge in [-0.05, 0) is 41.7 Å². The van der Waals surface area contributed by atoms with E-state index < -0.39 is 0 Å². The lowest BCUT2D eigenvalue weighted by Gasteiger charge is -2.11. The number of rotatable bonds is 6. The van der Waals surface area contributed by atoms with Gasteiger partial charge in [0.1, 0.15) is 5.75 Å². The van der Waals surface area contributed by atoms with Crippen molar-refractivity contribution in [2.45, 2.75) is 39.8 Å². The molecule has 21 heavy (non-hydrogen) atoms. The van der Waals surface area contributed by atoms with Crippen LogP contribution in [0.3, 0.4) is 0 Å². The molecular weight excluding hydrogens is 260 g/mol. The van der Waals surface area contributed by atoms with Crippen LogP contribution in [0.5, 0.6) is 5.75 Å². The molecule has 1 aromatic heterocycles. The average molecular weight is 284 g/mol. The van der Waals surface area contributed by atoms with Crippen LogP contribution in [0.15, 0.2) is 36.5 Å². The molecule has 2 rings (SSSR count). The van der Waals surface area contributed by atoms with Crippen LogP contribution in [0.2, 0.25) is 0 Å². The number of nitrogens with one attached hydrogen (secondary N) is 1. The molecule has 0 aliphatic rings. The van der Waals surface area contributed by atoms with Crippen molar-refractivity contribution in [1.82, 2.24) is 10.3 Å². The molecule has 0 amide bonds. The molecule has 1 N–H and O–H groups in total. The fourth-order valence-corrected chi connectivity index (χ4v) is 2.48. The molecule has 0 fully saturated rings. The zero-order chi connectivity index (χ0) is 15.2. The van der Waals surface area contributed by atoms with Gasteiger partial charge in [0.05, 0.1) is 7.11 Å². The van der Waals surface area contributed by atoms with Gasteiger partial charge in [-0.2, -0.15) is 0 Å². The number of aryl methyl sites for hydroxylation is 1. The Hall–Kier alpha value is -1.87. The summed E-state index contributed by atoms with van der Waals surface area (Å²) in [4.78, 5) is 4.57. The van der Waals surface area contributed by atoms with Gasteiger partial charge in [-0.1, -0.05) is 32.0 Å². The second-order valence-corrected chi connectivity index (χ2v) is 5.66. The summed E-state index contributed by atoms with van der Waals surface area (Å²) in [6.45, 7) is 8.13. The Morgan fingerprint density at radius 3 is 2.57 bits per heavy atom. The first-order valence-corrected chi connectivity index (χ1v) is 7.39. The minimum absolute atomic E-state index is 0.476. The highest BCUT2D eigenvalue weighted by Crippen LogP contribution is 2.17. The SMILES string of the molecule is COc1cccc(CNCc2cnc(C(C)C)c(C)c2)c1. The van der Waals surface area contributed by atoms with Gasteiger partial charge in [0, 0.05) is 25.0 Å². The van der Waals surface area contributed by atoms with E-state index in [1.165, 1.54) is 22.4 Å². The molecule has 3 nitrogen and oxygen atoms in total. The van der Waals surface area contributed by atoms with Gasteiger partial charge in [-0.3, -0.25) is 4.98 Å². The summed E-state index contributed by atoms with van der Waals surface area (Å²) in [5.74, 6) is 1.37. The second-order valence-electron chi connectivity index (χ2n) is 5.66. The van der Waals surface area contributed by atoms with Crippen LogP contribution >= 0.6 is 0 Å². The van der Waals surface area contributed by atoms with E-state index in [4.69, 9.17) is 4.74 Å². The van der Waals surface area contributed by atoms with E-state index in [0.29, 0.717) is 5.92 Å². The lowest BCUT2D eigenvalue weighted by atomic mass is 10.0. The first kappa shape index (κ1) is 15.5. The van der Waals surface area contributed by atoms with Gasteiger partial charge in [0.15, 0.2) is 0 Å². The summed E-state index contributed by atoms with van der Waals surface area (Å²) in [5.41, 5.74) is 4.90. The Kier molecular flexibility index (Phi) is 5.34. The van der Waals surface area contributed by atoms with E-state index in [2.05, 4.69) is 49.3 Å². The standard InChI is InChI=1S/C18H24N2O/c1-13(2)18-14(3)8-16(12-20-18)11-19-10-15-6-5-7-17(9-15)21-4/h5-9,12-13,19H,10-11H2,1-4H3. The lowest BCUT2D eigenvalue weighted by Crippen LogP contribution is -2.13. The monoisotopic (exact) mass is 284 g/mol. The van der Waals surface area contributed by atoms with Crippen molar-refractivity contribution in [3.8, 4) is 5.75 Å². The quantitative estimate of drug-likeness (QED) is 0.876. The first-order valence-electron chi connectivity index (χ1n) is 7.39. The van der Waals surface area contributed by atoms with Crippen LogP contribution in [0.25, 0.3) is 0 Å². The minimum atomic E-state index is 0.476. The number of hydrogen-bond donors (Lipinski definition) is 1. The van der Waals surface area contributed by atoms with Gasteiger partial charge in [0.25, 0.3) is 0 Å². The normalized spacial score (nSPS) is 10.9. The minimum Gasteiger partial charge on any atom is -0.497 e. The summed E-state index contributed by atoms with van der Waals surface area (Å²) in [6.07, 6.45) is 1.97. The van der Waals surface area contributed by atoms with E-state index in [1.807, 2.05) is 18.3 Å². The zero-order valence-electron chi connectivity index (χ0n) is 13.3. The number of aromatic nitrogens is 1. The van der Waals surface area contributed by atoms with E-state index >= 15 is 0 Å². The molecule has 0 aliphatic carbocycles. The zero-order valence-corrected chi connectivity index (χ0v) is 13.3. The predicted octanol–water partition coefficient (Wildman–Crippen LogP) is 3.81. The van der Waals surface area contributed by atoms with Crippen molar-refractivity contribution in [2.24, 2.45) is 0 Å². The Morgan fingerprint density at radius 2 is 1.90 bits per heavy atom. The van der Waals surface area contributed by atoms with Crippen LogP contribution in [0, 0.1) is 6.92 Å². The Morgan fingerprint density at radius 1 is 1.14 bits per heavy atom. The maximum absolute atomic E-state index is 5.23. The van der Waals surface area contributed by atoms with Crippen LogP contribution in [0.1, 0.15) is 42.1 Å². The summed E-state index contributed by atoms with van der Waals surface area (Å²) in [5, 5.41) is 3.45. The number of hydrogen-bond acceptors (Lipinski definition) is 3. The Bertz CT molecular complexity index is 594. The third kappa shape index (κ3) is 4.30. The summed E-state index contributed by atoms with van der Waals surface area (Å²) in [6, 6.07) is 10.3. The summed E-state index contributed by atoms with van der Waals surface area (Å²) >= 11 is 0. The first-order chi connectivity index (χ1) is 10.1. The lowest BCUT2D eigenvalue weighted by molar-refractivity contribution is 0.414. The van der Waals surface area contributed by atoms with Crippen molar-refractivity contribution in [3.63, 3.8) is 0 Å². The number of methoxy groups -OCH3 is 1. The number of benzene rings is 1. The largest absolute Gasteiger partial charge is 0.497 e. The van der Waals surface area contributed by atoms with Crippen LogP contribution in [-0.4, -0.2) is 12.1 Å². The molecule has 0 radical (unpaired) electrons. The van der Waals surface area contributed by atoms with E-state index in [-0.39, 0.29) is 0 Å². The molecular formula is C18H24N2O. The number of nitrogens with zero attached hydrogens (tertiary/aromatic N) is 1. The van der Waals surface area contributed by atoms with E-state index in [0.717, 1.165) is 18.8 Å². The predicted molar refractivity (Wildman–Crippen MR) is 86.6 cm³/mol. The van der Waals surface area contributed by atoms with Gasteiger partial charge < -0.3 is 10.1 Å². The molecule has 0 saturated heterocycles. The van der Waals surface area contributed by atoms with Crippen molar-refractivity contribution < 1.29 is 4.74 Å². The van der Waals surface area contributed by atoms with Crippen molar-refractivity contribution in [3.05, 3.63) is 58.9 Å². The molecule has 1 aromatic carbocycles. The Labute approximate surface area is 127 Å². The van der Waals surface area contributed by atoms with Crippen LogP contribution in [-0.2, 0) is 13.1 Å². The molecule has 0 bridgehead atoms. The number of pyridine rings is 1. The maximum Gasteiger partial charge on any atom is 0.119 e. The number of ether oxygens (including phenoxy) is 1.